The number of aromatic carboxylic acids is 1. The molecule has 0 aromatic heterocycles. The lowest BCUT2D eigenvalue weighted by Crippen LogP contribution is -2.33. The van der Waals surface area contributed by atoms with Crippen LogP contribution in [0.25, 0.3) is 0 Å². The Morgan fingerprint density at radius 1 is 1.07 bits per heavy atom. The Balaban J connectivity index is 0.000000336. The van der Waals surface area contributed by atoms with Crippen LogP contribution >= 0.6 is 0 Å². The molecule has 84 valence electrons. The zero-order valence-electron chi connectivity index (χ0n) is 7.40. The molecule has 0 saturated carbocycles. The number of para-hydroxylation sites is 1. The molecule has 0 radical (unpaired) electrons. The highest BCUT2D eigenvalue weighted by Crippen LogP contribution is 2.14. The van der Waals surface area contributed by atoms with Crippen LogP contribution in [-0.2, 0) is 0 Å². The van der Waals surface area contributed by atoms with Gasteiger partial charge >= 0.3 is 15.0 Å². The van der Waals surface area contributed by atoms with E-state index >= 15 is 0 Å². The van der Waals surface area contributed by atoms with Crippen LogP contribution in [0.4, 0.5) is 0 Å². The molecule has 0 heterocycles. The summed E-state index contributed by atoms with van der Waals surface area (Å²) in [6.07, 6.45) is 0. The van der Waals surface area contributed by atoms with Crippen LogP contribution < -0.4 is 0 Å². The van der Waals surface area contributed by atoms with E-state index in [1.165, 1.54) is 12.1 Å². The lowest BCUT2D eigenvalue weighted by atomic mass is 10.2. The number of rotatable bonds is 1. The Bertz CT molecular complexity index is 326. The fourth-order valence-corrected chi connectivity index (χ4v) is 0.654. The Kier molecular flexibility index (Phi) is 4.91. The fraction of sp³-hybridized carbons (Fsp3) is 0. The second-order valence-electron chi connectivity index (χ2n) is 2.42. The zero-order valence-corrected chi connectivity index (χ0v) is 8.40. The van der Waals surface area contributed by atoms with Gasteiger partial charge in [-0.15, -0.1) is 0 Å². The molecule has 1 rings (SSSR count). The molecule has 0 fully saturated rings. The summed E-state index contributed by atoms with van der Waals surface area (Å²) in [5.74, 6) is -1.31. The summed E-state index contributed by atoms with van der Waals surface area (Å²) < 4.78 is 0. The molecule has 0 spiro atoms. The Hall–Kier alpha value is -1.45. The van der Waals surface area contributed by atoms with Crippen molar-refractivity contribution in [2.45, 2.75) is 0 Å². The van der Waals surface area contributed by atoms with Gasteiger partial charge in [0.15, 0.2) is 0 Å². The third kappa shape index (κ3) is 7.61. The van der Waals surface area contributed by atoms with Crippen molar-refractivity contribution in [3.8, 4) is 5.75 Å². The Labute approximate surface area is 85.6 Å². The van der Waals surface area contributed by atoms with Gasteiger partial charge in [0.25, 0.3) is 0 Å². The molecule has 0 aliphatic carbocycles. The van der Waals surface area contributed by atoms with Crippen molar-refractivity contribution in [2.24, 2.45) is 0 Å². The summed E-state index contributed by atoms with van der Waals surface area (Å²) in [6, 6.07) is 5.81. The van der Waals surface area contributed by atoms with E-state index in [2.05, 4.69) is 0 Å². The van der Waals surface area contributed by atoms with E-state index < -0.39 is 15.0 Å². The van der Waals surface area contributed by atoms with Crippen LogP contribution in [-0.4, -0.2) is 44.4 Å². The fourth-order valence-electron chi connectivity index (χ4n) is 0.654. The minimum Gasteiger partial charge on any atom is -0.507 e. The average molecular weight is 234 g/mol. The van der Waals surface area contributed by atoms with Crippen LogP contribution in [0.15, 0.2) is 24.3 Å². The second-order valence-corrected chi connectivity index (χ2v) is 3.62. The van der Waals surface area contributed by atoms with Gasteiger partial charge < -0.3 is 29.4 Å². The SMILES string of the molecule is O=C(O)c1ccccc1O.O[Si](O)(O)O. The minimum absolute atomic E-state index is 0.0671. The number of carboxylic acid groups (broad SMARTS) is 1. The maximum absolute atomic E-state index is 10.3. The van der Waals surface area contributed by atoms with Crippen LogP contribution in [0.2, 0.25) is 0 Å². The van der Waals surface area contributed by atoms with Gasteiger partial charge in [0.05, 0.1) is 0 Å². The van der Waals surface area contributed by atoms with Crippen molar-refractivity contribution in [1.29, 1.82) is 0 Å². The molecule has 0 saturated heterocycles. The topological polar surface area (TPSA) is 138 Å². The lowest BCUT2D eigenvalue weighted by molar-refractivity contribution is 0.0693. The number of aromatic hydroxyl groups is 1. The normalized spacial score (nSPS) is 10.1. The van der Waals surface area contributed by atoms with Crippen molar-refractivity contribution in [3.05, 3.63) is 29.8 Å². The Morgan fingerprint density at radius 2 is 1.47 bits per heavy atom. The quantitative estimate of drug-likeness (QED) is 0.324. The van der Waals surface area contributed by atoms with Crippen molar-refractivity contribution < 1.29 is 34.2 Å². The first-order valence-corrected chi connectivity index (χ1v) is 5.41. The van der Waals surface area contributed by atoms with Crippen LogP contribution in [0.5, 0.6) is 5.75 Å². The predicted octanol–water partition coefficient (Wildman–Crippen LogP) is -1.52. The van der Waals surface area contributed by atoms with Gasteiger partial charge in [0.1, 0.15) is 11.3 Å². The van der Waals surface area contributed by atoms with E-state index in [9.17, 15) is 4.79 Å². The van der Waals surface area contributed by atoms with E-state index in [0.29, 0.717) is 0 Å². The van der Waals surface area contributed by atoms with Crippen molar-refractivity contribution >= 4 is 15.0 Å². The first kappa shape index (κ1) is 13.5. The first-order chi connectivity index (χ1) is 6.72. The summed E-state index contributed by atoms with van der Waals surface area (Å²) in [5, 5.41) is 17.3. The summed E-state index contributed by atoms with van der Waals surface area (Å²) in [4.78, 5) is 39.6. The van der Waals surface area contributed by atoms with Crippen LogP contribution in [0.3, 0.4) is 0 Å². The van der Waals surface area contributed by atoms with Gasteiger partial charge in [0, 0.05) is 0 Å². The molecule has 1 aromatic carbocycles. The molecule has 8 heteroatoms. The van der Waals surface area contributed by atoms with E-state index in [-0.39, 0.29) is 11.3 Å². The summed E-state index contributed by atoms with van der Waals surface area (Å²) in [6.45, 7) is 0. The molecule has 0 unspecified atom stereocenters. The molecule has 15 heavy (non-hydrogen) atoms. The highest BCUT2D eigenvalue weighted by atomic mass is 28.4. The molecule has 1 aromatic rings. The molecule has 7 nitrogen and oxygen atoms in total. The second kappa shape index (κ2) is 5.43. The van der Waals surface area contributed by atoms with E-state index in [0.717, 1.165) is 0 Å². The van der Waals surface area contributed by atoms with Crippen molar-refractivity contribution in [3.63, 3.8) is 0 Å². The smallest absolute Gasteiger partial charge is 0.507 e. The summed E-state index contributed by atoms with van der Waals surface area (Å²) in [7, 11) is -4.61. The molecule has 0 atom stereocenters. The van der Waals surface area contributed by atoms with Gasteiger partial charge in [-0.2, -0.15) is 0 Å². The number of hydrogen-bond acceptors (Lipinski definition) is 6. The summed E-state index contributed by atoms with van der Waals surface area (Å²) in [5.41, 5.74) is -0.0671. The lowest BCUT2D eigenvalue weighted by Gasteiger charge is -1.95. The third-order valence-electron chi connectivity index (χ3n) is 1.13. The number of phenols is 1. The predicted molar refractivity (Wildman–Crippen MR) is 49.7 cm³/mol. The number of benzene rings is 1. The molecule has 0 aliphatic heterocycles. The van der Waals surface area contributed by atoms with Gasteiger partial charge in [-0.25, -0.2) is 4.79 Å². The number of carboxylic acids is 1. The van der Waals surface area contributed by atoms with E-state index in [1.807, 2.05) is 0 Å². The maximum Gasteiger partial charge on any atom is 0.668 e. The monoisotopic (exact) mass is 234 g/mol. The third-order valence-corrected chi connectivity index (χ3v) is 1.13. The average Bonchev–Trinajstić information content (AvgIpc) is 2.01. The highest BCUT2D eigenvalue weighted by Gasteiger charge is 2.22. The van der Waals surface area contributed by atoms with Gasteiger partial charge in [-0.3, -0.25) is 0 Å². The minimum atomic E-state index is -4.61. The van der Waals surface area contributed by atoms with Gasteiger partial charge in [-0.1, -0.05) is 12.1 Å². The van der Waals surface area contributed by atoms with Gasteiger partial charge in [-0.05, 0) is 12.1 Å². The van der Waals surface area contributed by atoms with Crippen molar-refractivity contribution in [2.75, 3.05) is 0 Å². The Morgan fingerprint density at radius 3 is 1.73 bits per heavy atom. The largest absolute Gasteiger partial charge is 0.668 e. The highest BCUT2D eigenvalue weighted by molar-refractivity contribution is 6.46. The molecule has 0 bridgehead atoms. The zero-order chi connectivity index (χ0) is 12.1. The maximum atomic E-state index is 10.3. The number of carbonyl (C=O) groups is 1. The molecule has 0 amide bonds. The molecular formula is C7H10O7Si. The summed E-state index contributed by atoms with van der Waals surface area (Å²) >= 11 is 0. The van der Waals surface area contributed by atoms with E-state index in [4.69, 9.17) is 29.4 Å². The van der Waals surface area contributed by atoms with Crippen molar-refractivity contribution in [1.82, 2.24) is 0 Å². The van der Waals surface area contributed by atoms with E-state index in [1.54, 1.807) is 12.1 Å². The molecule has 0 aliphatic rings. The van der Waals surface area contributed by atoms with Gasteiger partial charge in [0.2, 0.25) is 0 Å². The first-order valence-electron chi connectivity index (χ1n) is 3.62. The molecule has 6 N–H and O–H groups in total. The van der Waals surface area contributed by atoms with Crippen LogP contribution in [0.1, 0.15) is 10.4 Å². The molecular weight excluding hydrogens is 224 g/mol. The van der Waals surface area contributed by atoms with Crippen LogP contribution in [0, 0.1) is 0 Å². The standard InChI is InChI=1S/C7H6O3.H4O4Si/c8-6-4-2-1-3-5(6)7(9)10;1-5(2,3)4/h1-4,8H,(H,9,10);1-4H. The number of hydrogen-bond donors (Lipinski definition) is 6.